The van der Waals surface area contributed by atoms with Crippen molar-refractivity contribution in [3.63, 3.8) is 0 Å². The van der Waals surface area contributed by atoms with Crippen molar-refractivity contribution >= 4 is 22.4 Å². The van der Waals surface area contributed by atoms with Crippen molar-refractivity contribution in [1.82, 2.24) is 14.5 Å². The molecule has 0 bridgehead atoms. The molecular weight excluding hydrogens is 404 g/mol. The van der Waals surface area contributed by atoms with Crippen LogP contribution in [0.25, 0.3) is 10.9 Å². The fourth-order valence-electron chi connectivity index (χ4n) is 4.22. The molecule has 1 aliphatic rings. The van der Waals surface area contributed by atoms with Crippen molar-refractivity contribution in [3.8, 4) is 6.07 Å². The summed E-state index contributed by atoms with van der Waals surface area (Å²) in [4.78, 5) is 22.1. The summed E-state index contributed by atoms with van der Waals surface area (Å²) in [5, 5.41) is 21.2. The summed E-state index contributed by atoms with van der Waals surface area (Å²) >= 11 is 0. The van der Waals surface area contributed by atoms with Gasteiger partial charge in [0.1, 0.15) is 5.82 Å². The quantitative estimate of drug-likeness (QED) is 0.354. The highest BCUT2D eigenvalue weighted by molar-refractivity contribution is 5.88. The molecule has 2 aromatic carbocycles. The minimum atomic E-state index is -0.464. The van der Waals surface area contributed by atoms with Crippen LogP contribution in [0.4, 0.5) is 11.5 Å². The Morgan fingerprint density at radius 3 is 2.78 bits per heavy atom. The van der Waals surface area contributed by atoms with Crippen LogP contribution in [0, 0.1) is 21.4 Å². The molecule has 8 heteroatoms. The van der Waals surface area contributed by atoms with E-state index in [4.69, 9.17) is 0 Å². The zero-order valence-corrected chi connectivity index (χ0v) is 17.3. The first kappa shape index (κ1) is 19.7. The molecule has 0 aliphatic carbocycles. The van der Waals surface area contributed by atoms with Crippen molar-refractivity contribution in [2.24, 2.45) is 0 Å². The number of anilines is 1. The number of benzene rings is 2. The van der Waals surface area contributed by atoms with E-state index in [1.54, 1.807) is 12.1 Å². The van der Waals surface area contributed by atoms with Crippen molar-refractivity contribution in [1.29, 1.82) is 5.26 Å². The SMILES string of the molecule is N#Cc1cc(N2CCc3c(ncn3CCc3ccccc3)C2)nc2ccc([N+](=O)[O-])cc12. The first-order valence-electron chi connectivity index (χ1n) is 10.4. The normalized spacial score (nSPS) is 13.0. The molecule has 0 N–H and O–H groups in total. The molecule has 2 aromatic heterocycles. The monoisotopic (exact) mass is 424 g/mol. The Morgan fingerprint density at radius 1 is 1.16 bits per heavy atom. The maximum atomic E-state index is 11.1. The Balaban J connectivity index is 1.39. The van der Waals surface area contributed by atoms with Gasteiger partial charge >= 0.3 is 0 Å². The molecule has 0 unspecified atom stereocenters. The third kappa shape index (κ3) is 3.65. The zero-order chi connectivity index (χ0) is 22.1. The summed E-state index contributed by atoms with van der Waals surface area (Å²) in [7, 11) is 0. The average molecular weight is 424 g/mol. The second-order valence-corrected chi connectivity index (χ2v) is 7.84. The Hall–Kier alpha value is -4.25. The lowest BCUT2D eigenvalue weighted by Gasteiger charge is -2.28. The van der Waals surface area contributed by atoms with E-state index in [9.17, 15) is 15.4 Å². The predicted molar refractivity (Wildman–Crippen MR) is 120 cm³/mol. The van der Waals surface area contributed by atoms with E-state index in [0.29, 0.717) is 28.8 Å². The molecule has 0 radical (unpaired) electrons. The van der Waals surface area contributed by atoms with Crippen LogP contribution in [0.1, 0.15) is 22.5 Å². The van der Waals surface area contributed by atoms with Crippen LogP contribution in [-0.4, -0.2) is 26.0 Å². The Morgan fingerprint density at radius 2 is 2.00 bits per heavy atom. The number of aryl methyl sites for hydroxylation is 2. The van der Waals surface area contributed by atoms with Gasteiger partial charge in [-0.05, 0) is 24.1 Å². The molecule has 0 fully saturated rings. The van der Waals surface area contributed by atoms with Crippen molar-refractivity contribution in [2.45, 2.75) is 25.9 Å². The average Bonchev–Trinajstić information content (AvgIpc) is 3.24. The number of imidazole rings is 1. The number of nitriles is 1. The fourth-order valence-corrected chi connectivity index (χ4v) is 4.22. The summed E-state index contributed by atoms with van der Waals surface area (Å²) in [6.45, 7) is 2.27. The summed E-state index contributed by atoms with van der Waals surface area (Å²) in [5.74, 6) is 0.687. The van der Waals surface area contributed by atoms with E-state index in [-0.39, 0.29) is 5.69 Å². The maximum absolute atomic E-state index is 11.1. The number of nitrogens with zero attached hydrogens (tertiary/aromatic N) is 6. The van der Waals surface area contributed by atoms with Crippen LogP contribution in [0.5, 0.6) is 0 Å². The minimum absolute atomic E-state index is 0.0489. The number of hydrogen-bond acceptors (Lipinski definition) is 6. The lowest BCUT2D eigenvalue weighted by Crippen LogP contribution is -2.32. The van der Waals surface area contributed by atoms with Crippen molar-refractivity contribution < 1.29 is 4.92 Å². The lowest BCUT2D eigenvalue weighted by molar-refractivity contribution is -0.384. The van der Waals surface area contributed by atoms with Crippen molar-refractivity contribution in [3.05, 3.63) is 93.6 Å². The van der Waals surface area contributed by atoms with Gasteiger partial charge < -0.3 is 9.47 Å². The topological polar surface area (TPSA) is 101 Å². The molecule has 32 heavy (non-hydrogen) atoms. The van der Waals surface area contributed by atoms with Gasteiger partial charge in [0.2, 0.25) is 0 Å². The molecule has 0 saturated carbocycles. The van der Waals surface area contributed by atoms with Gasteiger partial charge in [-0.15, -0.1) is 0 Å². The summed E-state index contributed by atoms with van der Waals surface area (Å²) in [6, 6.07) is 18.7. The van der Waals surface area contributed by atoms with E-state index in [0.717, 1.165) is 31.6 Å². The number of nitro benzene ring substituents is 1. The van der Waals surface area contributed by atoms with Crippen molar-refractivity contribution in [2.75, 3.05) is 11.4 Å². The van der Waals surface area contributed by atoms with E-state index in [1.165, 1.54) is 23.4 Å². The number of hydrogen-bond donors (Lipinski definition) is 0. The van der Waals surface area contributed by atoms with Gasteiger partial charge in [0.05, 0.1) is 40.6 Å². The predicted octanol–water partition coefficient (Wildman–Crippen LogP) is 4.02. The molecule has 3 heterocycles. The first-order chi connectivity index (χ1) is 15.6. The summed E-state index contributed by atoms with van der Waals surface area (Å²) in [6.07, 6.45) is 3.70. The molecule has 0 amide bonds. The van der Waals surface area contributed by atoms with Crippen LogP contribution in [0.2, 0.25) is 0 Å². The van der Waals surface area contributed by atoms with E-state index < -0.39 is 4.92 Å². The largest absolute Gasteiger partial charge is 0.350 e. The number of rotatable bonds is 5. The van der Waals surface area contributed by atoms with E-state index >= 15 is 0 Å². The molecule has 8 nitrogen and oxygen atoms in total. The van der Waals surface area contributed by atoms with Crippen LogP contribution in [0.3, 0.4) is 0 Å². The van der Waals surface area contributed by atoms with Gasteiger partial charge in [0, 0.05) is 42.7 Å². The van der Waals surface area contributed by atoms with Gasteiger partial charge in [-0.2, -0.15) is 5.26 Å². The van der Waals surface area contributed by atoms with Gasteiger partial charge in [0.15, 0.2) is 0 Å². The van der Waals surface area contributed by atoms with Gasteiger partial charge in [-0.25, -0.2) is 9.97 Å². The molecule has 4 aromatic rings. The Labute approximate surface area is 184 Å². The van der Waals surface area contributed by atoms with Crippen LogP contribution >= 0.6 is 0 Å². The van der Waals surface area contributed by atoms with E-state index in [2.05, 4.69) is 49.8 Å². The molecular formula is C24H20N6O2. The van der Waals surface area contributed by atoms with E-state index in [1.807, 2.05) is 12.4 Å². The number of nitro groups is 1. The molecule has 0 saturated heterocycles. The zero-order valence-electron chi connectivity index (χ0n) is 17.3. The fraction of sp³-hybridized carbons (Fsp3) is 0.208. The van der Waals surface area contributed by atoms with Gasteiger partial charge in [-0.1, -0.05) is 30.3 Å². The highest BCUT2D eigenvalue weighted by atomic mass is 16.6. The molecule has 158 valence electrons. The van der Waals surface area contributed by atoms with Crippen LogP contribution in [-0.2, 0) is 25.9 Å². The standard InChI is InChI=1S/C24H20N6O2/c25-14-18-12-24(27-21-7-6-19(30(31)32)13-20(18)21)28-11-9-23-22(15-28)26-16-29(23)10-8-17-4-2-1-3-5-17/h1-7,12-13,16H,8-11,15H2. The Bertz CT molecular complexity index is 1360. The molecule has 1 aliphatic heterocycles. The third-order valence-electron chi connectivity index (χ3n) is 5.91. The smallest absolute Gasteiger partial charge is 0.270 e. The highest BCUT2D eigenvalue weighted by Gasteiger charge is 2.23. The lowest BCUT2D eigenvalue weighted by atomic mass is 10.1. The Kier molecular flexibility index (Phi) is 5.00. The summed E-state index contributed by atoms with van der Waals surface area (Å²) in [5.41, 5.74) is 4.48. The van der Waals surface area contributed by atoms with Crippen LogP contribution < -0.4 is 4.90 Å². The number of aromatic nitrogens is 3. The van der Waals surface area contributed by atoms with Gasteiger partial charge in [0.25, 0.3) is 5.69 Å². The number of pyridine rings is 1. The summed E-state index contributed by atoms with van der Waals surface area (Å²) < 4.78 is 2.23. The van der Waals surface area contributed by atoms with Gasteiger partial charge in [-0.3, -0.25) is 10.1 Å². The maximum Gasteiger partial charge on any atom is 0.270 e. The van der Waals surface area contributed by atoms with Crippen LogP contribution in [0.15, 0.2) is 60.9 Å². The molecule has 5 rings (SSSR count). The second kappa shape index (κ2) is 8.12. The highest BCUT2D eigenvalue weighted by Crippen LogP contribution is 2.29. The minimum Gasteiger partial charge on any atom is -0.350 e. The third-order valence-corrected chi connectivity index (χ3v) is 5.91. The molecule has 0 spiro atoms. The second-order valence-electron chi connectivity index (χ2n) is 7.84. The molecule has 0 atom stereocenters. The first-order valence-corrected chi connectivity index (χ1v) is 10.4. The number of fused-ring (bicyclic) bond motifs is 2. The number of non-ortho nitro benzene ring substituents is 1.